The van der Waals surface area contributed by atoms with Crippen molar-refractivity contribution in [3.05, 3.63) is 23.8 Å². The molecule has 0 aromatic rings. The quantitative estimate of drug-likeness (QED) is 0.572. The molecule has 0 aliphatic carbocycles. The summed E-state index contributed by atoms with van der Waals surface area (Å²) in [4.78, 5) is 0. The first-order chi connectivity index (χ1) is 4.22. The Bertz CT molecular complexity index is 123. The van der Waals surface area contributed by atoms with Crippen molar-refractivity contribution >= 4 is 0 Å². The molecule has 0 fully saturated rings. The van der Waals surface area contributed by atoms with E-state index in [1.165, 1.54) is 0 Å². The van der Waals surface area contributed by atoms with Gasteiger partial charge in [-0.3, -0.25) is 0 Å². The van der Waals surface area contributed by atoms with Gasteiger partial charge in [0.05, 0.1) is 6.61 Å². The van der Waals surface area contributed by atoms with Crippen molar-refractivity contribution in [1.29, 1.82) is 0 Å². The molecule has 1 nitrogen and oxygen atoms in total. The Hall–Kier alpha value is -0.560. The zero-order chi connectivity index (χ0) is 7.28. The molecule has 0 saturated heterocycles. The molecule has 52 valence electrons. The second-order valence-corrected chi connectivity index (χ2v) is 2.08. The molecule has 1 heteroatoms. The van der Waals surface area contributed by atoms with E-state index in [0.29, 0.717) is 0 Å². The van der Waals surface area contributed by atoms with E-state index >= 15 is 0 Å². The first kappa shape index (κ1) is 8.44. The number of allylic oxidation sites excluding steroid dienone is 1. The van der Waals surface area contributed by atoms with Gasteiger partial charge in [0.25, 0.3) is 0 Å². The molecule has 0 spiro atoms. The fourth-order valence-electron chi connectivity index (χ4n) is 0.620. The monoisotopic (exact) mass is 126 g/mol. The van der Waals surface area contributed by atoms with E-state index in [-0.39, 0.29) is 6.61 Å². The number of aliphatic hydroxyl groups excluding tert-OH is 1. The third-order valence-corrected chi connectivity index (χ3v) is 1.17. The fourth-order valence-corrected chi connectivity index (χ4v) is 0.620. The molecule has 0 heterocycles. The topological polar surface area (TPSA) is 20.2 Å². The summed E-state index contributed by atoms with van der Waals surface area (Å²) >= 11 is 0. The van der Waals surface area contributed by atoms with Crippen molar-refractivity contribution in [1.82, 2.24) is 0 Å². The highest BCUT2D eigenvalue weighted by Crippen LogP contribution is 2.05. The van der Waals surface area contributed by atoms with Crippen LogP contribution in [-0.4, -0.2) is 11.7 Å². The SMILES string of the molecule is C=C(C)/C(=C\CC)CO. The lowest BCUT2D eigenvalue weighted by atomic mass is 10.1. The molecule has 0 radical (unpaired) electrons. The van der Waals surface area contributed by atoms with Gasteiger partial charge in [0, 0.05) is 0 Å². The number of aliphatic hydroxyl groups is 1. The van der Waals surface area contributed by atoms with Crippen LogP contribution in [0.5, 0.6) is 0 Å². The van der Waals surface area contributed by atoms with Gasteiger partial charge in [-0.2, -0.15) is 0 Å². The van der Waals surface area contributed by atoms with E-state index in [2.05, 4.69) is 6.58 Å². The van der Waals surface area contributed by atoms with Crippen LogP contribution in [0, 0.1) is 0 Å². The van der Waals surface area contributed by atoms with E-state index in [0.717, 1.165) is 17.6 Å². The highest BCUT2D eigenvalue weighted by Gasteiger charge is 1.91. The van der Waals surface area contributed by atoms with E-state index in [1.807, 2.05) is 19.9 Å². The van der Waals surface area contributed by atoms with Crippen LogP contribution in [0.4, 0.5) is 0 Å². The van der Waals surface area contributed by atoms with Crippen LogP contribution < -0.4 is 0 Å². The molecule has 0 bridgehead atoms. The molecule has 1 N–H and O–H groups in total. The van der Waals surface area contributed by atoms with Crippen molar-refractivity contribution in [2.45, 2.75) is 20.3 Å². The zero-order valence-corrected chi connectivity index (χ0v) is 6.15. The Balaban J connectivity index is 3.98. The summed E-state index contributed by atoms with van der Waals surface area (Å²) in [6.45, 7) is 7.77. The van der Waals surface area contributed by atoms with Crippen LogP contribution in [0.15, 0.2) is 23.8 Å². The van der Waals surface area contributed by atoms with Gasteiger partial charge in [0.15, 0.2) is 0 Å². The third-order valence-electron chi connectivity index (χ3n) is 1.17. The minimum atomic E-state index is 0.114. The Morgan fingerprint density at radius 1 is 1.67 bits per heavy atom. The Labute approximate surface area is 56.7 Å². The summed E-state index contributed by atoms with van der Waals surface area (Å²) in [5, 5.41) is 8.70. The summed E-state index contributed by atoms with van der Waals surface area (Å²) in [5.74, 6) is 0. The molecule has 0 aliphatic heterocycles. The van der Waals surface area contributed by atoms with Crippen molar-refractivity contribution in [3.8, 4) is 0 Å². The fraction of sp³-hybridized carbons (Fsp3) is 0.500. The predicted octanol–water partition coefficient (Wildman–Crippen LogP) is 1.89. The Morgan fingerprint density at radius 3 is 2.33 bits per heavy atom. The lowest BCUT2D eigenvalue weighted by molar-refractivity contribution is 0.333. The molecular weight excluding hydrogens is 112 g/mol. The van der Waals surface area contributed by atoms with Gasteiger partial charge >= 0.3 is 0 Å². The molecule has 0 saturated carbocycles. The van der Waals surface area contributed by atoms with Gasteiger partial charge in [-0.15, -0.1) is 0 Å². The molecule has 0 rings (SSSR count). The van der Waals surface area contributed by atoms with Gasteiger partial charge in [0.1, 0.15) is 0 Å². The van der Waals surface area contributed by atoms with Crippen LogP contribution >= 0.6 is 0 Å². The van der Waals surface area contributed by atoms with E-state index in [4.69, 9.17) is 5.11 Å². The smallest absolute Gasteiger partial charge is 0.0681 e. The molecule has 0 atom stereocenters. The number of hydrogen-bond donors (Lipinski definition) is 1. The summed E-state index contributed by atoms with van der Waals surface area (Å²) < 4.78 is 0. The van der Waals surface area contributed by atoms with E-state index in [9.17, 15) is 0 Å². The molecule has 0 aliphatic rings. The normalized spacial score (nSPS) is 11.7. The van der Waals surface area contributed by atoms with Crippen molar-refractivity contribution < 1.29 is 5.11 Å². The summed E-state index contributed by atoms with van der Waals surface area (Å²) in [5.41, 5.74) is 1.91. The highest BCUT2D eigenvalue weighted by molar-refractivity contribution is 5.25. The van der Waals surface area contributed by atoms with Crippen molar-refractivity contribution in [3.63, 3.8) is 0 Å². The zero-order valence-electron chi connectivity index (χ0n) is 6.15. The molecule has 0 amide bonds. The Kier molecular flexibility index (Phi) is 4.06. The molecule has 0 unspecified atom stereocenters. The maximum atomic E-state index is 8.70. The summed E-state index contributed by atoms with van der Waals surface area (Å²) in [6, 6.07) is 0. The standard InChI is InChI=1S/C8H14O/c1-4-5-8(6-9)7(2)3/h5,9H,2,4,6H2,1,3H3/b8-5-. The van der Waals surface area contributed by atoms with Crippen LogP contribution in [0.2, 0.25) is 0 Å². The lowest BCUT2D eigenvalue weighted by Crippen LogP contribution is -1.89. The average Bonchev–Trinajstić information content (AvgIpc) is 1.82. The molecule has 9 heavy (non-hydrogen) atoms. The second-order valence-electron chi connectivity index (χ2n) is 2.08. The maximum Gasteiger partial charge on any atom is 0.0681 e. The minimum absolute atomic E-state index is 0.114. The minimum Gasteiger partial charge on any atom is -0.392 e. The van der Waals surface area contributed by atoms with E-state index < -0.39 is 0 Å². The first-order valence-electron chi connectivity index (χ1n) is 3.18. The van der Waals surface area contributed by atoms with Gasteiger partial charge in [0.2, 0.25) is 0 Å². The summed E-state index contributed by atoms with van der Waals surface area (Å²) in [7, 11) is 0. The van der Waals surface area contributed by atoms with Crippen LogP contribution in [0.3, 0.4) is 0 Å². The number of hydrogen-bond acceptors (Lipinski definition) is 1. The van der Waals surface area contributed by atoms with Gasteiger partial charge in [-0.25, -0.2) is 0 Å². The second kappa shape index (κ2) is 4.33. The number of rotatable bonds is 3. The molecule has 0 aromatic carbocycles. The van der Waals surface area contributed by atoms with E-state index in [1.54, 1.807) is 0 Å². The summed E-state index contributed by atoms with van der Waals surface area (Å²) in [6.07, 6.45) is 2.95. The van der Waals surface area contributed by atoms with Gasteiger partial charge in [-0.1, -0.05) is 25.2 Å². The van der Waals surface area contributed by atoms with Crippen molar-refractivity contribution in [2.24, 2.45) is 0 Å². The van der Waals surface area contributed by atoms with Gasteiger partial charge < -0.3 is 5.11 Å². The first-order valence-corrected chi connectivity index (χ1v) is 3.18. The molecule has 0 aromatic heterocycles. The lowest BCUT2D eigenvalue weighted by Gasteiger charge is -1.99. The average molecular weight is 126 g/mol. The van der Waals surface area contributed by atoms with Gasteiger partial charge in [-0.05, 0) is 18.9 Å². The maximum absolute atomic E-state index is 8.70. The predicted molar refractivity (Wildman–Crippen MR) is 40.3 cm³/mol. The largest absolute Gasteiger partial charge is 0.392 e. The van der Waals surface area contributed by atoms with Crippen LogP contribution in [-0.2, 0) is 0 Å². The van der Waals surface area contributed by atoms with Crippen molar-refractivity contribution in [2.75, 3.05) is 6.61 Å². The van der Waals surface area contributed by atoms with Crippen LogP contribution in [0.25, 0.3) is 0 Å². The third kappa shape index (κ3) is 3.09. The van der Waals surface area contributed by atoms with Crippen LogP contribution in [0.1, 0.15) is 20.3 Å². The highest BCUT2D eigenvalue weighted by atomic mass is 16.3. The molecular formula is C8H14O. The Morgan fingerprint density at radius 2 is 2.22 bits per heavy atom.